The first-order valence-electron chi connectivity index (χ1n) is 8.54. The number of urea groups is 1. The lowest BCUT2D eigenvalue weighted by Gasteiger charge is -2.25. The van der Waals surface area contributed by atoms with Gasteiger partial charge in [-0.2, -0.15) is 0 Å². The number of ether oxygens (including phenoxy) is 1. The van der Waals surface area contributed by atoms with Gasteiger partial charge < -0.3 is 19.5 Å². The molecule has 1 saturated heterocycles. The molecular formula is C19H23N3O3. The van der Waals surface area contributed by atoms with Gasteiger partial charge in [0.2, 0.25) is 5.43 Å². The molecule has 132 valence electrons. The van der Waals surface area contributed by atoms with Crippen molar-refractivity contribution in [2.75, 3.05) is 19.0 Å². The Balaban J connectivity index is 1.77. The van der Waals surface area contributed by atoms with Crippen LogP contribution in [0.5, 0.6) is 5.75 Å². The van der Waals surface area contributed by atoms with Crippen LogP contribution in [0.1, 0.15) is 31.4 Å². The number of rotatable bonds is 4. The van der Waals surface area contributed by atoms with Gasteiger partial charge >= 0.3 is 6.03 Å². The summed E-state index contributed by atoms with van der Waals surface area (Å²) in [6, 6.07) is 9.04. The van der Waals surface area contributed by atoms with Crippen LogP contribution in [0.15, 0.2) is 47.5 Å². The monoisotopic (exact) mass is 341 g/mol. The molecule has 2 heterocycles. The molecule has 1 unspecified atom stereocenters. The fourth-order valence-corrected chi connectivity index (χ4v) is 3.19. The van der Waals surface area contributed by atoms with E-state index < -0.39 is 0 Å². The molecule has 6 nitrogen and oxygen atoms in total. The van der Waals surface area contributed by atoms with E-state index in [1.807, 2.05) is 35.8 Å². The predicted octanol–water partition coefficient (Wildman–Crippen LogP) is 3.25. The molecule has 0 radical (unpaired) electrons. The van der Waals surface area contributed by atoms with Crippen molar-refractivity contribution in [3.8, 4) is 5.75 Å². The van der Waals surface area contributed by atoms with Gasteiger partial charge in [0, 0.05) is 31.5 Å². The van der Waals surface area contributed by atoms with E-state index in [0.717, 1.165) is 30.7 Å². The van der Waals surface area contributed by atoms with Gasteiger partial charge in [0.05, 0.1) is 13.2 Å². The minimum atomic E-state index is -0.232. The molecule has 6 heteroatoms. The largest absolute Gasteiger partial charge is 0.497 e. The van der Waals surface area contributed by atoms with Gasteiger partial charge in [-0.25, -0.2) is 4.79 Å². The lowest BCUT2D eigenvalue weighted by molar-refractivity contribution is 0.207. The number of amides is 2. The van der Waals surface area contributed by atoms with Crippen molar-refractivity contribution in [2.45, 2.75) is 32.4 Å². The smallest absolute Gasteiger partial charge is 0.322 e. The molecule has 1 aliphatic rings. The number of benzene rings is 1. The maximum atomic E-state index is 12.7. The summed E-state index contributed by atoms with van der Waals surface area (Å²) < 4.78 is 7.05. The second-order valence-corrected chi connectivity index (χ2v) is 6.11. The highest BCUT2D eigenvalue weighted by Gasteiger charge is 2.30. The molecule has 1 fully saturated rings. The van der Waals surface area contributed by atoms with E-state index in [0.29, 0.717) is 12.2 Å². The van der Waals surface area contributed by atoms with Crippen LogP contribution in [0.2, 0.25) is 0 Å². The Morgan fingerprint density at radius 1 is 1.28 bits per heavy atom. The zero-order valence-corrected chi connectivity index (χ0v) is 14.6. The van der Waals surface area contributed by atoms with Crippen LogP contribution in [0.4, 0.5) is 10.5 Å². The van der Waals surface area contributed by atoms with E-state index in [9.17, 15) is 9.59 Å². The topological polar surface area (TPSA) is 63.6 Å². The van der Waals surface area contributed by atoms with Crippen LogP contribution in [-0.2, 0) is 6.54 Å². The van der Waals surface area contributed by atoms with Crippen LogP contribution in [0, 0.1) is 0 Å². The lowest BCUT2D eigenvalue weighted by Crippen LogP contribution is -2.35. The number of aryl methyl sites for hydroxylation is 1. The normalized spacial score (nSPS) is 16.7. The predicted molar refractivity (Wildman–Crippen MR) is 97.1 cm³/mol. The molecule has 2 amide bonds. The van der Waals surface area contributed by atoms with Gasteiger partial charge in [0.15, 0.2) is 0 Å². The minimum Gasteiger partial charge on any atom is -0.497 e. The van der Waals surface area contributed by atoms with E-state index >= 15 is 0 Å². The second-order valence-electron chi connectivity index (χ2n) is 6.11. The molecule has 1 N–H and O–H groups in total. The highest BCUT2D eigenvalue weighted by molar-refractivity contribution is 5.89. The van der Waals surface area contributed by atoms with Crippen LogP contribution in [0.3, 0.4) is 0 Å². The quantitative estimate of drug-likeness (QED) is 0.928. The summed E-state index contributed by atoms with van der Waals surface area (Å²) in [5.41, 5.74) is 1.21. The third-order valence-electron chi connectivity index (χ3n) is 4.60. The van der Waals surface area contributed by atoms with Gasteiger partial charge in [0.1, 0.15) is 11.4 Å². The molecule has 0 saturated carbocycles. The Bertz CT molecular complexity index is 798. The van der Waals surface area contributed by atoms with E-state index in [2.05, 4.69) is 5.32 Å². The highest BCUT2D eigenvalue weighted by Crippen LogP contribution is 2.33. The summed E-state index contributed by atoms with van der Waals surface area (Å²) >= 11 is 0. The van der Waals surface area contributed by atoms with Crippen molar-refractivity contribution in [1.29, 1.82) is 0 Å². The zero-order valence-electron chi connectivity index (χ0n) is 14.6. The molecule has 1 aromatic carbocycles. The summed E-state index contributed by atoms with van der Waals surface area (Å²) in [5, 5.41) is 2.78. The second kappa shape index (κ2) is 7.42. The average Bonchev–Trinajstić information content (AvgIpc) is 3.13. The molecule has 1 aromatic heterocycles. The summed E-state index contributed by atoms with van der Waals surface area (Å²) in [5.74, 6) is 0.794. The van der Waals surface area contributed by atoms with Crippen LogP contribution in [-0.4, -0.2) is 29.2 Å². The number of carbonyl (C=O) groups is 1. The number of anilines is 1. The Morgan fingerprint density at radius 3 is 2.72 bits per heavy atom. The van der Waals surface area contributed by atoms with Crippen molar-refractivity contribution in [3.63, 3.8) is 0 Å². The summed E-state index contributed by atoms with van der Waals surface area (Å²) in [6.45, 7) is 3.40. The maximum absolute atomic E-state index is 12.7. The molecular weight excluding hydrogens is 318 g/mol. The van der Waals surface area contributed by atoms with E-state index in [1.165, 1.54) is 6.07 Å². The molecule has 0 spiro atoms. The Morgan fingerprint density at radius 2 is 2.04 bits per heavy atom. The fourth-order valence-electron chi connectivity index (χ4n) is 3.19. The Hall–Kier alpha value is -2.76. The molecule has 0 aliphatic carbocycles. The first-order valence-corrected chi connectivity index (χ1v) is 8.54. The number of nitrogens with zero attached hydrogens (tertiary/aromatic N) is 2. The molecule has 25 heavy (non-hydrogen) atoms. The zero-order chi connectivity index (χ0) is 17.8. The first kappa shape index (κ1) is 17.1. The number of hydrogen-bond acceptors (Lipinski definition) is 3. The average molecular weight is 341 g/mol. The van der Waals surface area contributed by atoms with E-state index in [-0.39, 0.29) is 17.5 Å². The highest BCUT2D eigenvalue weighted by atomic mass is 16.5. The Kier molecular flexibility index (Phi) is 5.07. The summed E-state index contributed by atoms with van der Waals surface area (Å²) in [6.07, 6.45) is 5.25. The first-order chi connectivity index (χ1) is 12.1. The van der Waals surface area contributed by atoms with Gasteiger partial charge in [-0.1, -0.05) is 12.1 Å². The number of pyridine rings is 1. The van der Waals surface area contributed by atoms with Gasteiger partial charge in [0.25, 0.3) is 0 Å². The van der Waals surface area contributed by atoms with Crippen LogP contribution in [0.25, 0.3) is 0 Å². The number of nitrogens with one attached hydrogen (secondary N) is 1. The van der Waals surface area contributed by atoms with Crippen molar-refractivity contribution in [2.24, 2.45) is 0 Å². The molecule has 1 atom stereocenters. The number of carbonyl (C=O) groups excluding carboxylic acids is 1. The van der Waals surface area contributed by atoms with Crippen LogP contribution >= 0.6 is 0 Å². The van der Waals surface area contributed by atoms with Gasteiger partial charge in [-0.05, 0) is 37.5 Å². The fraction of sp³-hybridized carbons (Fsp3) is 0.368. The van der Waals surface area contributed by atoms with Crippen molar-refractivity contribution in [1.82, 2.24) is 9.47 Å². The molecule has 0 bridgehead atoms. The third-order valence-corrected chi connectivity index (χ3v) is 4.60. The van der Waals surface area contributed by atoms with Gasteiger partial charge in [-0.15, -0.1) is 0 Å². The summed E-state index contributed by atoms with van der Waals surface area (Å²) in [7, 11) is 1.63. The number of hydrogen-bond donors (Lipinski definition) is 1. The van der Waals surface area contributed by atoms with Crippen LogP contribution < -0.4 is 15.5 Å². The summed E-state index contributed by atoms with van der Waals surface area (Å²) in [4.78, 5) is 26.5. The van der Waals surface area contributed by atoms with Crippen molar-refractivity contribution < 1.29 is 9.53 Å². The SMILES string of the molecule is CCn1ccc(=O)c(NC(=O)N2CCCC2c2ccc(OC)cc2)c1. The maximum Gasteiger partial charge on any atom is 0.322 e. The number of likely N-dealkylation sites (tertiary alicyclic amines) is 1. The number of methoxy groups -OCH3 is 1. The van der Waals surface area contributed by atoms with Crippen molar-refractivity contribution in [3.05, 3.63) is 58.5 Å². The van der Waals surface area contributed by atoms with Gasteiger partial charge in [-0.3, -0.25) is 4.79 Å². The molecule has 3 rings (SSSR count). The van der Waals surface area contributed by atoms with Crippen molar-refractivity contribution >= 4 is 11.7 Å². The standard InChI is InChI=1S/C19H23N3O3/c1-3-21-12-10-18(23)16(13-21)20-19(24)22-11-4-5-17(22)14-6-8-15(25-2)9-7-14/h6-10,12-13,17H,3-5,11H2,1-2H3,(H,20,24). The molecule has 2 aromatic rings. The van der Waals surface area contributed by atoms with E-state index in [1.54, 1.807) is 24.4 Å². The third kappa shape index (κ3) is 3.68. The minimum absolute atomic E-state index is 0.0167. The molecule has 1 aliphatic heterocycles. The lowest BCUT2D eigenvalue weighted by atomic mass is 10.0. The van der Waals surface area contributed by atoms with E-state index in [4.69, 9.17) is 4.74 Å². The Labute approximate surface area is 147 Å². The number of aromatic nitrogens is 1.